The summed E-state index contributed by atoms with van der Waals surface area (Å²) >= 11 is 3.29. The minimum atomic E-state index is 0.0304. The first kappa shape index (κ1) is 13.6. The van der Waals surface area contributed by atoms with Gasteiger partial charge >= 0.3 is 0 Å². The number of thiophene rings is 1. The maximum absolute atomic E-state index is 4.33. The largest absolute Gasteiger partial charge is 0.308 e. The van der Waals surface area contributed by atoms with Crippen LogP contribution < -0.4 is 5.32 Å². The van der Waals surface area contributed by atoms with E-state index in [0.717, 1.165) is 5.69 Å². The maximum atomic E-state index is 4.33. The van der Waals surface area contributed by atoms with E-state index < -0.39 is 0 Å². The molecule has 2 aromatic heterocycles. The summed E-state index contributed by atoms with van der Waals surface area (Å²) in [5, 5.41) is 9.87. The molecule has 0 spiro atoms. The molecule has 0 aliphatic carbocycles. The summed E-state index contributed by atoms with van der Waals surface area (Å²) in [5.41, 5.74) is 2.45. The van der Waals surface area contributed by atoms with Crippen LogP contribution in [0.4, 0.5) is 0 Å². The van der Waals surface area contributed by atoms with Gasteiger partial charge in [0, 0.05) is 10.3 Å². The Morgan fingerprint density at radius 1 is 1.28 bits per heavy atom. The van der Waals surface area contributed by atoms with Gasteiger partial charge in [-0.3, -0.25) is 0 Å². The zero-order chi connectivity index (χ0) is 13.3. The average molecular weight is 281 g/mol. The first-order chi connectivity index (χ1) is 8.45. The Morgan fingerprint density at radius 3 is 2.50 bits per heavy atom. The van der Waals surface area contributed by atoms with Crippen molar-refractivity contribution in [3.8, 4) is 0 Å². The molecule has 2 heterocycles. The van der Waals surface area contributed by atoms with E-state index in [1.807, 2.05) is 7.05 Å². The monoisotopic (exact) mass is 281 g/mol. The van der Waals surface area contributed by atoms with Gasteiger partial charge in [-0.2, -0.15) is 0 Å². The lowest BCUT2D eigenvalue weighted by atomic mass is 9.89. The van der Waals surface area contributed by atoms with Crippen LogP contribution >= 0.6 is 22.9 Å². The highest BCUT2D eigenvalue weighted by atomic mass is 32.1. The molecule has 5 heteroatoms. The zero-order valence-electron chi connectivity index (χ0n) is 11.4. The number of aryl methyl sites for hydroxylation is 1. The molecule has 18 heavy (non-hydrogen) atoms. The lowest BCUT2D eigenvalue weighted by Gasteiger charge is -2.21. The summed E-state index contributed by atoms with van der Waals surface area (Å²) in [5.74, 6) is 0. The molecule has 0 aliphatic heterocycles. The molecule has 0 amide bonds. The molecular formula is C13H19N3S2. The Labute approximate surface area is 116 Å². The smallest absolute Gasteiger partial charge is 0.0860 e. The average Bonchev–Trinajstić information content (AvgIpc) is 2.89. The van der Waals surface area contributed by atoms with Crippen molar-refractivity contribution in [1.82, 2.24) is 14.9 Å². The van der Waals surface area contributed by atoms with E-state index in [4.69, 9.17) is 0 Å². The molecule has 98 valence electrons. The second kappa shape index (κ2) is 5.07. The van der Waals surface area contributed by atoms with Crippen molar-refractivity contribution in [2.24, 2.45) is 0 Å². The van der Waals surface area contributed by atoms with Crippen LogP contribution in [0.25, 0.3) is 0 Å². The van der Waals surface area contributed by atoms with Gasteiger partial charge in [-0.05, 0) is 42.5 Å². The lowest BCUT2D eigenvalue weighted by molar-refractivity contribution is 0.550. The van der Waals surface area contributed by atoms with E-state index in [2.05, 4.69) is 54.0 Å². The Morgan fingerprint density at radius 2 is 2.00 bits per heavy atom. The highest BCUT2D eigenvalue weighted by Gasteiger charge is 2.28. The van der Waals surface area contributed by atoms with Gasteiger partial charge in [0.2, 0.25) is 0 Å². The standard InChI is InChI=1S/C13H19N3S2/c1-8-6-7-17-10(8)9(14-5)11-12(13(2,3)4)15-16-18-11/h6-7,9,14H,1-5H3. The van der Waals surface area contributed by atoms with Crippen molar-refractivity contribution in [3.05, 3.63) is 32.5 Å². The van der Waals surface area contributed by atoms with E-state index in [1.165, 1.54) is 26.9 Å². The molecule has 1 N–H and O–H groups in total. The van der Waals surface area contributed by atoms with E-state index in [9.17, 15) is 0 Å². The summed E-state index contributed by atoms with van der Waals surface area (Å²) in [6.45, 7) is 8.70. The predicted molar refractivity (Wildman–Crippen MR) is 78.6 cm³/mol. The van der Waals surface area contributed by atoms with Gasteiger partial charge in [0.1, 0.15) is 0 Å². The molecule has 0 aliphatic rings. The van der Waals surface area contributed by atoms with Crippen LogP contribution in [0.5, 0.6) is 0 Å². The second-order valence-corrected chi connectivity index (χ2v) is 7.16. The quantitative estimate of drug-likeness (QED) is 0.935. The highest BCUT2D eigenvalue weighted by Crippen LogP contribution is 2.36. The topological polar surface area (TPSA) is 37.8 Å². The highest BCUT2D eigenvalue weighted by molar-refractivity contribution is 7.10. The fourth-order valence-electron chi connectivity index (χ4n) is 1.97. The molecule has 0 radical (unpaired) electrons. The number of nitrogens with one attached hydrogen (secondary N) is 1. The molecule has 0 fully saturated rings. The van der Waals surface area contributed by atoms with Crippen LogP contribution in [-0.2, 0) is 5.41 Å². The number of hydrogen-bond acceptors (Lipinski definition) is 5. The lowest BCUT2D eigenvalue weighted by Crippen LogP contribution is -2.22. The van der Waals surface area contributed by atoms with Crippen LogP contribution in [-0.4, -0.2) is 16.6 Å². The van der Waals surface area contributed by atoms with E-state index >= 15 is 0 Å². The Balaban J connectivity index is 2.47. The second-order valence-electron chi connectivity index (χ2n) is 5.43. The summed E-state index contributed by atoms with van der Waals surface area (Å²) in [6, 6.07) is 2.37. The molecular weight excluding hydrogens is 262 g/mol. The minimum Gasteiger partial charge on any atom is -0.308 e. The van der Waals surface area contributed by atoms with Gasteiger partial charge in [0.25, 0.3) is 0 Å². The van der Waals surface area contributed by atoms with Crippen LogP contribution in [0.1, 0.15) is 47.8 Å². The summed E-state index contributed by atoms with van der Waals surface area (Å²) in [4.78, 5) is 2.59. The molecule has 0 saturated carbocycles. The predicted octanol–water partition coefficient (Wildman–Crippen LogP) is 3.51. The van der Waals surface area contributed by atoms with Crippen molar-refractivity contribution in [3.63, 3.8) is 0 Å². The Kier molecular flexibility index (Phi) is 3.84. The van der Waals surface area contributed by atoms with Gasteiger partial charge in [0.05, 0.1) is 16.6 Å². The number of aromatic nitrogens is 2. The van der Waals surface area contributed by atoms with Gasteiger partial charge in [0.15, 0.2) is 0 Å². The van der Waals surface area contributed by atoms with Crippen molar-refractivity contribution in [2.75, 3.05) is 7.05 Å². The summed E-state index contributed by atoms with van der Waals surface area (Å²) < 4.78 is 4.15. The van der Waals surface area contributed by atoms with Crippen molar-refractivity contribution in [2.45, 2.75) is 39.2 Å². The van der Waals surface area contributed by atoms with Crippen LogP contribution in [0.15, 0.2) is 11.4 Å². The van der Waals surface area contributed by atoms with E-state index in [1.54, 1.807) is 11.3 Å². The van der Waals surface area contributed by atoms with Gasteiger partial charge in [-0.15, -0.1) is 16.4 Å². The van der Waals surface area contributed by atoms with Gasteiger partial charge < -0.3 is 5.32 Å². The SMILES string of the molecule is CNC(c1sccc1C)c1snnc1C(C)(C)C. The normalized spacial score (nSPS) is 13.8. The maximum Gasteiger partial charge on any atom is 0.0860 e. The molecule has 1 atom stereocenters. The molecule has 0 aromatic carbocycles. The first-order valence-corrected chi connectivity index (χ1v) is 7.64. The molecule has 2 aromatic rings. The molecule has 0 bridgehead atoms. The van der Waals surface area contributed by atoms with Crippen molar-refractivity contribution in [1.29, 1.82) is 0 Å². The minimum absolute atomic E-state index is 0.0304. The zero-order valence-corrected chi connectivity index (χ0v) is 13.1. The third-order valence-corrected chi connectivity index (χ3v) is 4.81. The fourth-order valence-corrected chi connectivity index (χ4v) is 4.07. The Hall–Kier alpha value is -0.780. The molecule has 3 nitrogen and oxygen atoms in total. The van der Waals surface area contributed by atoms with Crippen LogP contribution in [0.3, 0.4) is 0 Å². The number of nitrogens with zero attached hydrogens (tertiary/aromatic N) is 2. The fraction of sp³-hybridized carbons (Fsp3) is 0.538. The third kappa shape index (κ3) is 2.48. The first-order valence-electron chi connectivity index (χ1n) is 5.99. The molecule has 1 unspecified atom stereocenters. The van der Waals surface area contributed by atoms with Gasteiger partial charge in [-0.1, -0.05) is 25.3 Å². The summed E-state index contributed by atoms with van der Waals surface area (Å²) in [6.07, 6.45) is 0. The number of rotatable bonds is 3. The summed E-state index contributed by atoms with van der Waals surface area (Å²) in [7, 11) is 2.00. The third-order valence-electron chi connectivity index (χ3n) is 2.94. The van der Waals surface area contributed by atoms with Gasteiger partial charge in [-0.25, -0.2) is 0 Å². The van der Waals surface area contributed by atoms with Crippen LogP contribution in [0, 0.1) is 6.92 Å². The van der Waals surface area contributed by atoms with Crippen molar-refractivity contribution < 1.29 is 0 Å². The van der Waals surface area contributed by atoms with Crippen LogP contribution in [0.2, 0.25) is 0 Å². The Bertz CT molecular complexity index is 522. The van der Waals surface area contributed by atoms with Crippen molar-refractivity contribution >= 4 is 22.9 Å². The molecule has 2 rings (SSSR count). The molecule has 0 saturated heterocycles. The number of hydrogen-bond donors (Lipinski definition) is 1. The van der Waals surface area contributed by atoms with E-state index in [0.29, 0.717) is 0 Å². The van der Waals surface area contributed by atoms with E-state index in [-0.39, 0.29) is 11.5 Å².